The van der Waals surface area contributed by atoms with Crippen molar-refractivity contribution >= 4 is 0 Å². The smallest absolute Gasteiger partial charge is 0.0545 e. The maximum atomic E-state index is 5.70. The van der Waals surface area contributed by atoms with Crippen LogP contribution < -0.4 is 22.1 Å². The molecule has 0 bridgehead atoms. The van der Waals surface area contributed by atoms with Gasteiger partial charge < -0.3 is 22.1 Å². The molecule has 0 aliphatic carbocycles. The molecule has 5 nitrogen and oxygen atoms in total. The Hall–Kier alpha value is -4.13. The van der Waals surface area contributed by atoms with Crippen molar-refractivity contribution < 1.29 is 0 Å². The van der Waals surface area contributed by atoms with Gasteiger partial charge in [-0.3, -0.25) is 4.98 Å². The monoisotopic (exact) mass is 555 g/mol. The highest BCUT2D eigenvalue weighted by Gasteiger charge is 2.03. The summed E-state index contributed by atoms with van der Waals surface area (Å²) < 4.78 is 0. The Kier molecular flexibility index (Phi) is 10.6. The van der Waals surface area contributed by atoms with Gasteiger partial charge in [0.25, 0.3) is 0 Å². The fraction of sp³-hybridized carbons (Fsp3) is 0.216. The van der Waals surface area contributed by atoms with E-state index < -0.39 is 0 Å². The van der Waals surface area contributed by atoms with Crippen molar-refractivity contribution in [2.75, 3.05) is 0 Å². The van der Waals surface area contributed by atoms with Crippen molar-refractivity contribution in [1.29, 1.82) is 0 Å². The van der Waals surface area contributed by atoms with Crippen LogP contribution in [0.25, 0.3) is 0 Å². The van der Waals surface area contributed by atoms with Crippen LogP contribution >= 0.6 is 0 Å². The molecule has 5 heteroatoms. The highest BCUT2D eigenvalue weighted by atomic mass is 14.9. The van der Waals surface area contributed by atoms with Crippen molar-refractivity contribution in [2.45, 2.75) is 52.1 Å². The molecule has 0 spiro atoms. The van der Waals surface area contributed by atoms with Crippen molar-refractivity contribution in [1.82, 2.24) is 15.6 Å². The summed E-state index contributed by atoms with van der Waals surface area (Å²) in [4.78, 5) is 4.84. The zero-order valence-corrected chi connectivity index (χ0v) is 24.2. The molecule has 0 saturated heterocycles. The molecule has 6 N–H and O–H groups in total. The van der Waals surface area contributed by atoms with E-state index in [1.165, 1.54) is 44.5 Å². The van der Waals surface area contributed by atoms with E-state index in [0.717, 1.165) is 50.4 Å². The SMILES string of the molecule is NCc1ccc(Cc2ccc(CNCc3cccc(CNCc4ccc(Cc5ccc(CN)cc5)cc4)n3)cc2)cc1. The van der Waals surface area contributed by atoms with Gasteiger partial charge in [0.2, 0.25) is 0 Å². The number of nitrogens with zero attached hydrogens (tertiary/aromatic N) is 1. The number of hydrogen-bond donors (Lipinski definition) is 4. The van der Waals surface area contributed by atoms with Crippen LogP contribution in [0.15, 0.2) is 115 Å². The number of rotatable bonds is 14. The van der Waals surface area contributed by atoms with Gasteiger partial charge in [-0.25, -0.2) is 0 Å². The normalized spacial score (nSPS) is 11.1. The summed E-state index contributed by atoms with van der Waals surface area (Å²) in [5.41, 5.74) is 23.6. The number of hydrogen-bond acceptors (Lipinski definition) is 5. The Bertz CT molecular complexity index is 1400. The standard InChI is InChI=1S/C37H41N5/c38-22-32-12-4-28(5-13-32)20-30-8-16-34(17-9-30)24-40-26-36-2-1-3-37(42-36)27-41-25-35-18-10-31(11-19-35)21-29-6-14-33(23-39)15-7-29/h1-19,40-41H,20-27,38-39H2. The van der Waals surface area contributed by atoms with Gasteiger partial charge in [0.05, 0.1) is 11.4 Å². The van der Waals surface area contributed by atoms with Crippen LogP contribution in [0.4, 0.5) is 0 Å². The Morgan fingerprint density at radius 1 is 0.381 bits per heavy atom. The minimum absolute atomic E-state index is 0.585. The molecule has 5 aromatic rings. The van der Waals surface area contributed by atoms with Crippen LogP contribution in [-0.2, 0) is 52.1 Å². The predicted molar refractivity (Wildman–Crippen MR) is 172 cm³/mol. The van der Waals surface area contributed by atoms with Crippen LogP contribution in [0.3, 0.4) is 0 Å². The van der Waals surface area contributed by atoms with E-state index in [2.05, 4.69) is 126 Å². The fourth-order valence-electron chi connectivity index (χ4n) is 5.00. The predicted octanol–water partition coefficient (Wildman–Crippen LogP) is 5.76. The summed E-state index contributed by atoms with van der Waals surface area (Å²) >= 11 is 0. The lowest BCUT2D eigenvalue weighted by Crippen LogP contribution is -2.16. The lowest BCUT2D eigenvalue weighted by atomic mass is 10.0. The Morgan fingerprint density at radius 3 is 1.02 bits per heavy atom. The summed E-state index contributed by atoms with van der Waals surface area (Å²) in [6.07, 6.45) is 1.86. The number of nitrogens with one attached hydrogen (secondary N) is 2. The van der Waals surface area contributed by atoms with Gasteiger partial charge in [0.15, 0.2) is 0 Å². The summed E-state index contributed by atoms with van der Waals surface area (Å²) in [6.45, 7) is 4.26. The molecule has 0 aliphatic heterocycles. The summed E-state index contributed by atoms with van der Waals surface area (Å²) in [7, 11) is 0. The molecule has 0 atom stereocenters. The molecule has 1 aromatic heterocycles. The molecule has 4 aromatic carbocycles. The topological polar surface area (TPSA) is 89.0 Å². The number of nitrogens with two attached hydrogens (primary N) is 2. The second kappa shape index (κ2) is 15.2. The van der Waals surface area contributed by atoms with Crippen LogP contribution in [0.1, 0.15) is 55.9 Å². The lowest BCUT2D eigenvalue weighted by Gasteiger charge is -2.09. The molecule has 0 amide bonds. The fourth-order valence-corrected chi connectivity index (χ4v) is 5.00. The number of pyridine rings is 1. The molecule has 0 fully saturated rings. The largest absolute Gasteiger partial charge is 0.326 e. The Balaban J connectivity index is 1.03. The van der Waals surface area contributed by atoms with Gasteiger partial charge in [-0.15, -0.1) is 0 Å². The molecule has 0 radical (unpaired) electrons. The van der Waals surface area contributed by atoms with E-state index in [9.17, 15) is 0 Å². The lowest BCUT2D eigenvalue weighted by molar-refractivity contribution is 0.655. The third kappa shape index (κ3) is 8.93. The first-order valence-corrected chi connectivity index (χ1v) is 14.7. The van der Waals surface area contributed by atoms with Gasteiger partial charge >= 0.3 is 0 Å². The van der Waals surface area contributed by atoms with E-state index in [-0.39, 0.29) is 0 Å². The molecular weight excluding hydrogens is 514 g/mol. The average Bonchev–Trinajstić information content (AvgIpc) is 3.04. The second-order valence-electron chi connectivity index (χ2n) is 10.9. The molecular formula is C37H41N5. The zero-order chi connectivity index (χ0) is 29.0. The van der Waals surface area contributed by atoms with Crippen molar-refractivity contribution in [3.05, 3.63) is 171 Å². The van der Waals surface area contributed by atoms with Crippen LogP contribution in [-0.4, -0.2) is 4.98 Å². The molecule has 0 saturated carbocycles. The maximum Gasteiger partial charge on any atom is 0.0545 e. The van der Waals surface area contributed by atoms with Crippen LogP contribution in [0, 0.1) is 0 Å². The average molecular weight is 556 g/mol. The second-order valence-corrected chi connectivity index (χ2v) is 10.9. The minimum atomic E-state index is 0.585. The van der Waals surface area contributed by atoms with E-state index in [1.807, 2.05) is 0 Å². The highest BCUT2D eigenvalue weighted by molar-refractivity contribution is 5.32. The molecule has 1 heterocycles. The van der Waals surface area contributed by atoms with Crippen molar-refractivity contribution in [3.8, 4) is 0 Å². The van der Waals surface area contributed by atoms with Gasteiger partial charge in [-0.2, -0.15) is 0 Å². The summed E-state index contributed by atoms with van der Waals surface area (Å²) in [5.74, 6) is 0. The molecule has 5 rings (SSSR count). The third-order valence-electron chi connectivity index (χ3n) is 7.51. The van der Waals surface area contributed by atoms with E-state index >= 15 is 0 Å². The first kappa shape index (κ1) is 29.4. The molecule has 0 unspecified atom stereocenters. The number of benzene rings is 4. The van der Waals surface area contributed by atoms with Crippen LogP contribution in [0.5, 0.6) is 0 Å². The van der Waals surface area contributed by atoms with Crippen molar-refractivity contribution in [2.24, 2.45) is 11.5 Å². The van der Waals surface area contributed by atoms with E-state index in [0.29, 0.717) is 13.1 Å². The summed E-state index contributed by atoms with van der Waals surface area (Å²) in [6, 6.07) is 41.0. The van der Waals surface area contributed by atoms with Gasteiger partial charge in [0, 0.05) is 39.3 Å². The third-order valence-corrected chi connectivity index (χ3v) is 7.51. The molecule has 42 heavy (non-hydrogen) atoms. The number of aromatic nitrogens is 1. The summed E-state index contributed by atoms with van der Waals surface area (Å²) in [5, 5.41) is 7.07. The Labute approximate surface area is 250 Å². The van der Waals surface area contributed by atoms with Gasteiger partial charge in [-0.05, 0) is 69.5 Å². The minimum Gasteiger partial charge on any atom is -0.326 e. The molecule has 214 valence electrons. The van der Waals surface area contributed by atoms with Crippen molar-refractivity contribution in [3.63, 3.8) is 0 Å². The molecule has 0 aliphatic rings. The van der Waals surface area contributed by atoms with E-state index in [1.54, 1.807) is 0 Å². The maximum absolute atomic E-state index is 5.70. The Morgan fingerprint density at radius 2 is 0.690 bits per heavy atom. The van der Waals surface area contributed by atoms with E-state index in [4.69, 9.17) is 16.5 Å². The van der Waals surface area contributed by atoms with Gasteiger partial charge in [0.1, 0.15) is 0 Å². The quantitative estimate of drug-likeness (QED) is 0.140. The first-order valence-electron chi connectivity index (χ1n) is 14.7. The van der Waals surface area contributed by atoms with Crippen LogP contribution in [0.2, 0.25) is 0 Å². The first-order chi connectivity index (χ1) is 20.7. The van der Waals surface area contributed by atoms with Gasteiger partial charge in [-0.1, -0.05) is 103 Å². The zero-order valence-electron chi connectivity index (χ0n) is 24.2. The highest BCUT2D eigenvalue weighted by Crippen LogP contribution is 2.14.